The van der Waals surface area contributed by atoms with Gasteiger partial charge in [0, 0.05) is 21.9 Å². The first-order valence-corrected chi connectivity index (χ1v) is 9.88. The van der Waals surface area contributed by atoms with Gasteiger partial charge in [0.05, 0.1) is 0 Å². The number of para-hydroxylation sites is 1. The van der Waals surface area contributed by atoms with Crippen LogP contribution in [0.5, 0.6) is 0 Å². The van der Waals surface area contributed by atoms with E-state index in [1.54, 1.807) is 0 Å². The van der Waals surface area contributed by atoms with Crippen molar-refractivity contribution in [1.82, 2.24) is 0 Å². The summed E-state index contributed by atoms with van der Waals surface area (Å²) >= 11 is 0. The maximum absolute atomic E-state index is 6.63. The normalized spacial score (nSPS) is 11.4. The second kappa shape index (κ2) is 6.35. The molecule has 0 amide bonds. The molecule has 0 unspecified atom stereocenters. The van der Waals surface area contributed by atoms with Crippen LogP contribution >= 0.6 is 0 Å². The minimum atomic E-state index is 0.947. The zero-order chi connectivity index (χ0) is 19.2. The van der Waals surface area contributed by atoms with E-state index < -0.39 is 0 Å². The van der Waals surface area contributed by atoms with Gasteiger partial charge in [-0.3, -0.25) is 0 Å². The van der Waals surface area contributed by atoms with Crippen molar-refractivity contribution in [1.29, 1.82) is 0 Å². The second-order valence-electron chi connectivity index (χ2n) is 7.37. The van der Waals surface area contributed by atoms with Gasteiger partial charge < -0.3 is 4.42 Å². The van der Waals surface area contributed by atoms with Crippen LogP contribution in [0.25, 0.3) is 55.0 Å². The molecule has 0 fully saturated rings. The van der Waals surface area contributed by atoms with Gasteiger partial charge in [0.25, 0.3) is 0 Å². The topological polar surface area (TPSA) is 13.1 Å². The molecule has 0 bridgehead atoms. The Kier molecular flexibility index (Phi) is 3.54. The van der Waals surface area contributed by atoms with Crippen LogP contribution in [0.2, 0.25) is 0 Å². The van der Waals surface area contributed by atoms with Crippen LogP contribution in [0.15, 0.2) is 114 Å². The molecule has 0 atom stereocenters. The van der Waals surface area contributed by atoms with Crippen molar-refractivity contribution in [3.05, 3.63) is 109 Å². The summed E-state index contributed by atoms with van der Waals surface area (Å²) in [4.78, 5) is 0. The quantitative estimate of drug-likeness (QED) is 0.300. The van der Waals surface area contributed by atoms with Crippen molar-refractivity contribution in [2.75, 3.05) is 0 Å². The van der Waals surface area contributed by atoms with Gasteiger partial charge in [-0.15, -0.1) is 0 Å². The first-order chi connectivity index (χ1) is 14.4. The lowest BCUT2D eigenvalue weighted by atomic mass is 9.95. The maximum atomic E-state index is 6.63. The maximum Gasteiger partial charge on any atom is 0.143 e. The highest BCUT2D eigenvalue weighted by Gasteiger charge is 2.18. The van der Waals surface area contributed by atoms with Gasteiger partial charge in [0.1, 0.15) is 11.2 Å². The lowest BCUT2D eigenvalue weighted by molar-refractivity contribution is 0.671. The van der Waals surface area contributed by atoms with Crippen LogP contribution in [-0.4, -0.2) is 0 Å². The summed E-state index contributed by atoms with van der Waals surface area (Å²) in [7, 11) is 0. The van der Waals surface area contributed by atoms with Crippen LogP contribution in [0.3, 0.4) is 0 Å². The predicted octanol–water partition coefficient (Wildman–Crippen LogP) is 8.07. The lowest BCUT2D eigenvalue weighted by Crippen LogP contribution is -1.81. The minimum Gasteiger partial charge on any atom is -0.455 e. The third kappa shape index (κ3) is 2.48. The minimum absolute atomic E-state index is 0.947. The Morgan fingerprint density at radius 2 is 1.07 bits per heavy atom. The van der Waals surface area contributed by atoms with Gasteiger partial charge in [-0.1, -0.05) is 103 Å². The van der Waals surface area contributed by atoms with Crippen molar-refractivity contribution in [2.45, 2.75) is 0 Å². The Hall–Kier alpha value is -3.84. The van der Waals surface area contributed by atoms with E-state index in [1.807, 2.05) is 12.1 Å². The fraction of sp³-hybridized carbons (Fsp3) is 0. The van der Waals surface area contributed by atoms with Crippen LogP contribution in [0.1, 0.15) is 0 Å². The molecule has 0 aliphatic heterocycles. The van der Waals surface area contributed by atoms with Crippen LogP contribution < -0.4 is 0 Å². The highest BCUT2D eigenvalue weighted by molar-refractivity contribution is 6.24. The summed E-state index contributed by atoms with van der Waals surface area (Å²) in [5.74, 6) is 0. The second-order valence-corrected chi connectivity index (χ2v) is 7.37. The Morgan fingerprint density at radius 3 is 1.83 bits per heavy atom. The van der Waals surface area contributed by atoms with Gasteiger partial charge in [-0.25, -0.2) is 0 Å². The Balaban J connectivity index is 1.81. The predicted molar refractivity (Wildman–Crippen MR) is 122 cm³/mol. The number of benzene rings is 5. The summed E-state index contributed by atoms with van der Waals surface area (Å²) in [6.07, 6.45) is 0. The molecule has 6 rings (SSSR count). The molecule has 0 N–H and O–H groups in total. The number of hydrogen-bond acceptors (Lipinski definition) is 1. The van der Waals surface area contributed by atoms with E-state index in [0.717, 1.165) is 27.7 Å². The van der Waals surface area contributed by atoms with Crippen molar-refractivity contribution >= 4 is 32.7 Å². The van der Waals surface area contributed by atoms with Gasteiger partial charge in [-0.05, 0) is 28.0 Å². The molecule has 1 heterocycles. The largest absolute Gasteiger partial charge is 0.455 e. The first kappa shape index (κ1) is 16.1. The molecule has 136 valence electrons. The van der Waals surface area contributed by atoms with Gasteiger partial charge in [-0.2, -0.15) is 0 Å². The van der Waals surface area contributed by atoms with E-state index in [1.165, 1.54) is 27.3 Å². The average molecular weight is 370 g/mol. The number of fused-ring (bicyclic) bond motifs is 5. The molecule has 1 aromatic heterocycles. The van der Waals surface area contributed by atoms with E-state index in [-0.39, 0.29) is 0 Å². The highest BCUT2D eigenvalue weighted by Crippen LogP contribution is 2.43. The Bertz CT molecular complexity index is 1480. The molecular weight excluding hydrogens is 352 g/mol. The fourth-order valence-corrected chi connectivity index (χ4v) is 4.33. The average Bonchev–Trinajstić information content (AvgIpc) is 3.20. The summed E-state index contributed by atoms with van der Waals surface area (Å²) in [6.45, 7) is 0. The first-order valence-electron chi connectivity index (χ1n) is 9.88. The zero-order valence-electron chi connectivity index (χ0n) is 15.8. The molecule has 0 saturated heterocycles. The van der Waals surface area contributed by atoms with Crippen molar-refractivity contribution in [3.63, 3.8) is 0 Å². The highest BCUT2D eigenvalue weighted by atomic mass is 16.3. The van der Waals surface area contributed by atoms with Crippen molar-refractivity contribution < 1.29 is 4.42 Å². The lowest BCUT2D eigenvalue weighted by Gasteiger charge is -2.06. The van der Waals surface area contributed by atoms with E-state index in [0.29, 0.717) is 0 Å². The van der Waals surface area contributed by atoms with Gasteiger partial charge in [0.2, 0.25) is 0 Å². The number of furan rings is 1. The van der Waals surface area contributed by atoms with Crippen LogP contribution in [0.4, 0.5) is 0 Å². The van der Waals surface area contributed by atoms with Gasteiger partial charge >= 0.3 is 0 Å². The van der Waals surface area contributed by atoms with E-state index in [9.17, 15) is 0 Å². The molecule has 1 heteroatoms. The third-order valence-electron chi connectivity index (χ3n) is 5.66. The SMILES string of the molecule is c1ccc(-c2cccc3c2oc2c(-c4ccccc4)cc4ccccc4c23)cc1. The standard InChI is InChI=1S/C28H18O/c1-3-10-19(11-4-1)23-16-9-17-24-26-22-15-8-7-14-21(22)18-25(28(26)29-27(23)24)20-12-5-2-6-13-20/h1-18H. The molecule has 1 nitrogen and oxygen atoms in total. The van der Waals surface area contributed by atoms with Crippen molar-refractivity contribution in [3.8, 4) is 22.3 Å². The molecule has 29 heavy (non-hydrogen) atoms. The van der Waals surface area contributed by atoms with E-state index in [2.05, 4.69) is 97.1 Å². The zero-order valence-corrected chi connectivity index (χ0v) is 15.8. The smallest absolute Gasteiger partial charge is 0.143 e. The van der Waals surface area contributed by atoms with Gasteiger partial charge in [0.15, 0.2) is 0 Å². The molecule has 0 aliphatic rings. The van der Waals surface area contributed by atoms with E-state index in [4.69, 9.17) is 4.42 Å². The number of hydrogen-bond donors (Lipinski definition) is 0. The molecule has 0 aliphatic carbocycles. The van der Waals surface area contributed by atoms with Crippen molar-refractivity contribution in [2.24, 2.45) is 0 Å². The molecule has 0 spiro atoms. The summed E-state index contributed by atoms with van der Waals surface area (Å²) in [5, 5.41) is 4.81. The summed E-state index contributed by atoms with van der Waals surface area (Å²) < 4.78 is 6.63. The molecule has 0 radical (unpaired) electrons. The molecular formula is C28H18O. The third-order valence-corrected chi connectivity index (χ3v) is 5.66. The molecule has 6 aromatic rings. The molecule has 0 saturated carbocycles. The Labute approximate surface area is 168 Å². The monoisotopic (exact) mass is 370 g/mol. The van der Waals surface area contributed by atoms with Crippen LogP contribution in [0, 0.1) is 0 Å². The Morgan fingerprint density at radius 1 is 0.448 bits per heavy atom. The molecule has 5 aromatic carbocycles. The van der Waals surface area contributed by atoms with E-state index >= 15 is 0 Å². The summed E-state index contributed by atoms with van der Waals surface area (Å²) in [6, 6.07) is 38.2. The van der Waals surface area contributed by atoms with Crippen LogP contribution in [-0.2, 0) is 0 Å². The number of rotatable bonds is 2. The fourth-order valence-electron chi connectivity index (χ4n) is 4.33. The summed E-state index contributed by atoms with van der Waals surface area (Å²) in [5.41, 5.74) is 6.50.